The largest absolute Gasteiger partial charge is 0.354 e. The molecule has 0 unspecified atom stereocenters. The van der Waals surface area contributed by atoms with Gasteiger partial charge in [-0.25, -0.2) is 4.98 Å². The molecule has 0 aliphatic heterocycles. The third-order valence-electron chi connectivity index (χ3n) is 4.39. The number of nitrogens with one attached hydrogen (secondary N) is 2. The molecule has 0 radical (unpaired) electrons. The van der Waals surface area contributed by atoms with Crippen molar-refractivity contribution >= 4 is 28.8 Å². The van der Waals surface area contributed by atoms with E-state index in [1.807, 2.05) is 36.4 Å². The van der Waals surface area contributed by atoms with Crippen molar-refractivity contribution < 1.29 is 9.59 Å². The van der Waals surface area contributed by atoms with Crippen LogP contribution in [0.2, 0.25) is 0 Å². The Morgan fingerprint density at radius 3 is 2.21 bits per heavy atom. The van der Waals surface area contributed by atoms with Gasteiger partial charge in [0.05, 0.1) is 11.9 Å². The predicted molar refractivity (Wildman–Crippen MR) is 112 cm³/mol. The van der Waals surface area contributed by atoms with E-state index in [1.54, 1.807) is 30.5 Å². The molecule has 0 aliphatic carbocycles. The number of aromatic nitrogens is 1. The van der Waals surface area contributed by atoms with E-state index in [1.165, 1.54) is 12.5 Å². The number of carbonyl (C=O) groups excluding carboxylic acids is 2. The summed E-state index contributed by atoms with van der Waals surface area (Å²) in [6, 6.07) is 18.5. The summed E-state index contributed by atoms with van der Waals surface area (Å²) in [6.07, 6.45) is 1.59. The van der Waals surface area contributed by atoms with Crippen LogP contribution in [0.25, 0.3) is 0 Å². The lowest BCUT2D eigenvalue weighted by Gasteiger charge is -2.09. The van der Waals surface area contributed by atoms with Crippen LogP contribution in [0, 0.1) is 0 Å². The van der Waals surface area contributed by atoms with E-state index < -0.39 is 0 Å². The summed E-state index contributed by atoms with van der Waals surface area (Å²) in [4.78, 5) is 28.1. The molecule has 1 amide bonds. The Morgan fingerprint density at radius 2 is 1.61 bits per heavy atom. The predicted octanol–water partition coefficient (Wildman–Crippen LogP) is 5.40. The van der Waals surface area contributed by atoms with Crippen molar-refractivity contribution in [1.82, 2.24) is 4.98 Å². The van der Waals surface area contributed by atoms with Crippen molar-refractivity contribution in [3.8, 4) is 0 Å². The third-order valence-corrected chi connectivity index (χ3v) is 4.39. The average Bonchev–Trinajstić information content (AvgIpc) is 2.69. The summed E-state index contributed by atoms with van der Waals surface area (Å²) in [5, 5.41) is 6.04. The molecule has 0 bridgehead atoms. The lowest BCUT2D eigenvalue weighted by atomic mass is 10.0. The zero-order valence-corrected chi connectivity index (χ0v) is 16.2. The summed E-state index contributed by atoms with van der Waals surface area (Å²) in [5.74, 6) is 0.195. The second-order valence-corrected chi connectivity index (χ2v) is 6.92. The summed E-state index contributed by atoms with van der Waals surface area (Å²) in [7, 11) is 0. The highest BCUT2D eigenvalue weighted by atomic mass is 16.2. The molecule has 0 saturated carbocycles. The zero-order valence-electron chi connectivity index (χ0n) is 16.2. The number of hydrogen-bond donors (Lipinski definition) is 2. The van der Waals surface area contributed by atoms with Crippen LogP contribution in [0.4, 0.5) is 17.1 Å². The maximum atomic E-state index is 12.4. The second-order valence-electron chi connectivity index (χ2n) is 6.92. The van der Waals surface area contributed by atoms with Crippen LogP contribution in [0.15, 0.2) is 66.9 Å². The van der Waals surface area contributed by atoms with Gasteiger partial charge in [0.15, 0.2) is 5.78 Å². The molecular formula is C23H23N3O2. The van der Waals surface area contributed by atoms with Crippen LogP contribution in [-0.2, 0) is 0 Å². The fraction of sp³-hybridized carbons (Fsp3) is 0.174. The Kier molecular flexibility index (Phi) is 5.84. The van der Waals surface area contributed by atoms with Crippen molar-refractivity contribution in [3.63, 3.8) is 0 Å². The van der Waals surface area contributed by atoms with Gasteiger partial charge in [-0.15, -0.1) is 0 Å². The highest BCUT2D eigenvalue weighted by Gasteiger charge is 2.09. The van der Waals surface area contributed by atoms with E-state index in [2.05, 4.69) is 29.5 Å². The van der Waals surface area contributed by atoms with Gasteiger partial charge in [0, 0.05) is 16.9 Å². The zero-order chi connectivity index (χ0) is 20.1. The number of amides is 1. The minimum atomic E-state index is -0.262. The first-order valence-electron chi connectivity index (χ1n) is 9.18. The molecule has 5 nitrogen and oxygen atoms in total. The molecule has 1 aromatic heterocycles. The SMILES string of the molecule is CC(=O)c1cccc(Nc2ccc(C(=O)Nc3ccc(C(C)C)cc3)nc2)c1. The summed E-state index contributed by atoms with van der Waals surface area (Å²) in [6.45, 7) is 5.79. The van der Waals surface area contributed by atoms with Gasteiger partial charge >= 0.3 is 0 Å². The van der Waals surface area contributed by atoms with Crippen molar-refractivity contribution in [2.24, 2.45) is 0 Å². The van der Waals surface area contributed by atoms with Crippen LogP contribution in [0.3, 0.4) is 0 Å². The van der Waals surface area contributed by atoms with E-state index >= 15 is 0 Å². The van der Waals surface area contributed by atoms with E-state index in [0.29, 0.717) is 17.2 Å². The number of carbonyl (C=O) groups is 2. The monoisotopic (exact) mass is 373 g/mol. The maximum absolute atomic E-state index is 12.4. The van der Waals surface area contributed by atoms with Crippen LogP contribution in [-0.4, -0.2) is 16.7 Å². The average molecular weight is 373 g/mol. The minimum absolute atomic E-state index is 0.00946. The van der Waals surface area contributed by atoms with Gasteiger partial charge in [-0.2, -0.15) is 0 Å². The van der Waals surface area contributed by atoms with Crippen molar-refractivity contribution in [2.45, 2.75) is 26.7 Å². The van der Waals surface area contributed by atoms with Crippen LogP contribution < -0.4 is 10.6 Å². The summed E-state index contributed by atoms with van der Waals surface area (Å²) < 4.78 is 0. The standard InChI is InChI=1S/C23H23N3O2/c1-15(2)17-7-9-19(10-8-17)26-23(28)22-12-11-21(14-24-22)25-20-6-4-5-18(13-20)16(3)27/h4-15,25H,1-3H3,(H,26,28). The quantitative estimate of drug-likeness (QED) is 0.567. The lowest BCUT2D eigenvalue weighted by molar-refractivity contribution is 0.101. The molecule has 0 atom stereocenters. The number of Topliss-reactive ketones (excluding diaryl/α,β-unsaturated/α-hetero) is 1. The van der Waals surface area contributed by atoms with E-state index in [-0.39, 0.29) is 11.7 Å². The molecule has 0 fully saturated rings. The molecule has 28 heavy (non-hydrogen) atoms. The van der Waals surface area contributed by atoms with E-state index in [9.17, 15) is 9.59 Å². The number of benzene rings is 2. The number of pyridine rings is 1. The molecule has 0 saturated heterocycles. The molecule has 0 spiro atoms. The molecule has 0 aliphatic rings. The molecule has 2 N–H and O–H groups in total. The highest BCUT2D eigenvalue weighted by molar-refractivity contribution is 6.03. The van der Waals surface area contributed by atoms with Gasteiger partial charge in [0.25, 0.3) is 5.91 Å². The first-order chi connectivity index (χ1) is 13.4. The highest BCUT2D eigenvalue weighted by Crippen LogP contribution is 2.19. The molecule has 142 valence electrons. The molecule has 1 heterocycles. The maximum Gasteiger partial charge on any atom is 0.274 e. The minimum Gasteiger partial charge on any atom is -0.354 e. The van der Waals surface area contributed by atoms with Crippen LogP contribution >= 0.6 is 0 Å². The number of rotatable bonds is 6. The normalized spacial score (nSPS) is 10.6. The van der Waals surface area contributed by atoms with Gasteiger partial charge in [-0.3, -0.25) is 9.59 Å². The van der Waals surface area contributed by atoms with Gasteiger partial charge in [-0.05, 0) is 54.8 Å². The van der Waals surface area contributed by atoms with Gasteiger partial charge in [-0.1, -0.05) is 38.1 Å². The topological polar surface area (TPSA) is 71.1 Å². The van der Waals surface area contributed by atoms with Crippen molar-refractivity contribution in [3.05, 3.63) is 83.7 Å². The third kappa shape index (κ3) is 4.82. The Balaban J connectivity index is 1.65. The number of hydrogen-bond acceptors (Lipinski definition) is 4. The molecular weight excluding hydrogens is 350 g/mol. The van der Waals surface area contributed by atoms with Crippen LogP contribution in [0.1, 0.15) is 53.1 Å². The van der Waals surface area contributed by atoms with Gasteiger partial charge < -0.3 is 10.6 Å². The number of anilines is 3. The van der Waals surface area contributed by atoms with E-state index in [4.69, 9.17) is 0 Å². The Bertz CT molecular complexity index is 977. The lowest BCUT2D eigenvalue weighted by Crippen LogP contribution is -2.13. The Labute approximate surface area is 164 Å². The second kappa shape index (κ2) is 8.48. The van der Waals surface area contributed by atoms with Crippen molar-refractivity contribution in [2.75, 3.05) is 10.6 Å². The Morgan fingerprint density at radius 1 is 0.893 bits per heavy atom. The molecule has 5 heteroatoms. The van der Waals surface area contributed by atoms with Gasteiger partial charge in [0.1, 0.15) is 5.69 Å². The van der Waals surface area contributed by atoms with Gasteiger partial charge in [0.2, 0.25) is 0 Å². The summed E-state index contributed by atoms with van der Waals surface area (Å²) in [5.41, 5.74) is 4.45. The number of nitrogens with zero attached hydrogens (tertiary/aromatic N) is 1. The molecule has 3 aromatic rings. The van der Waals surface area contributed by atoms with Crippen LogP contribution in [0.5, 0.6) is 0 Å². The molecule has 3 rings (SSSR count). The fourth-order valence-corrected chi connectivity index (χ4v) is 2.73. The summed E-state index contributed by atoms with van der Waals surface area (Å²) >= 11 is 0. The first-order valence-corrected chi connectivity index (χ1v) is 9.18. The van der Waals surface area contributed by atoms with Crippen molar-refractivity contribution in [1.29, 1.82) is 0 Å². The number of ketones is 1. The molecule has 2 aromatic carbocycles. The Hall–Kier alpha value is -3.47. The first kappa shape index (κ1) is 19.3. The van der Waals surface area contributed by atoms with E-state index in [0.717, 1.165) is 17.1 Å². The smallest absolute Gasteiger partial charge is 0.274 e. The fourth-order valence-electron chi connectivity index (χ4n) is 2.73.